The Morgan fingerprint density at radius 2 is 1.33 bits per heavy atom. The molecule has 0 N–H and O–H groups in total. The van der Waals surface area contributed by atoms with E-state index < -0.39 is 0 Å². The molecule has 0 saturated carbocycles. The molecule has 1 rings (SSSR count). The van der Waals surface area contributed by atoms with Gasteiger partial charge in [0.25, 0.3) is 0 Å². The van der Waals surface area contributed by atoms with Crippen molar-refractivity contribution in [1.29, 1.82) is 0 Å². The Balaban J connectivity index is -0.000000258. The van der Waals surface area contributed by atoms with Gasteiger partial charge in [0, 0.05) is 20.1 Å². The Hall–Kier alpha value is -0.531. The van der Waals surface area contributed by atoms with E-state index in [1.165, 1.54) is 16.7 Å². The number of carbonyl (C=O) groups excluding carboxylic acids is 2. The van der Waals surface area contributed by atoms with E-state index >= 15 is 0 Å². The van der Waals surface area contributed by atoms with Gasteiger partial charge < -0.3 is 9.59 Å². The summed E-state index contributed by atoms with van der Waals surface area (Å²) in [5.41, 5.74) is 4.39. The SMILES string of the molecule is C=O.C=O.CC1=[C-]C(C)(C)C(C)=C1C.[Ir]. The van der Waals surface area contributed by atoms with Crippen molar-refractivity contribution in [3.63, 3.8) is 0 Å². The first-order chi connectivity index (χ1) is 6.45. The Kier molecular flexibility index (Phi) is 11.6. The van der Waals surface area contributed by atoms with Gasteiger partial charge in [-0.2, -0.15) is 11.1 Å². The minimum absolute atomic E-state index is 0. The van der Waals surface area contributed by atoms with Crippen LogP contribution < -0.4 is 0 Å². The van der Waals surface area contributed by atoms with E-state index in [0.29, 0.717) is 0 Å². The number of hydrogen-bond donors (Lipinski definition) is 0. The normalized spacial score (nSPS) is 16.2. The molecule has 0 unspecified atom stereocenters. The van der Waals surface area contributed by atoms with Gasteiger partial charge in [-0.05, 0) is 0 Å². The van der Waals surface area contributed by atoms with Gasteiger partial charge in [-0.15, -0.1) is 6.92 Å². The molecule has 0 aromatic carbocycles. The van der Waals surface area contributed by atoms with Crippen molar-refractivity contribution in [2.24, 2.45) is 5.41 Å². The van der Waals surface area contributed by atoms with Crippen molar-refractivity contribution in [3.8, 4) is 0 Å². The van der Waals surface area contributed by atoms with Crippen LogP contribution in [0.5, 0.6) is 0 Å². The molecule has 1 aliphatic carbocycles. The fourth-order valence-corrected chi connectivity index (χ4v) is 1.41. The summed E-state index contributed by atoms with van der Waals surface area (Å²) < 4.78 is 0. The molecule has 3 heteroatoms. The summed E-state index contributed by atoms with van der Waals surface area (Å²) in [6.07, 6.45) is 3.44. The summed E-state index contributed by atoms with van der Waals surface area (Å²) in [6, 6.07) is 0. The molecule has 0 aromatic heterocycles. The van der Waals surface area contributed by atoms with Crippen LogP contribution in [0, 0.1) is 11.5 Å². The first-order valence-corrected chi connectivity index (χ1v) is 4.33. The molecule has 2 nitrogen and oxygen atoms in total. The van der Waals surface area contributed by atoms with E-state index in [0.717, 1.165) is 0 Å². The first kappa shape index (κ1) is 20.0. The largest absolute Gasteiger partial charge is 0.307 e. The van der Waals surface area contributed by atoms with E-state index in [-0.39, 0.29) is 25.5 Å². The summed E-state index contributed by atoms with van der Waals surface area (Å²) >= 11 is 0. The van der Waals surface area contributed by atoms with Gasteiger partial charge in [0.15, 0.2) is 0 Å². The molecule has 15 heavy (non-hydrogen) atoms. The molecule has 0 bridgehead atoms. The van der Waals surface area contributed by atoms with Gasteiger partial charge in [-0.25, -0.2) is 5.57 Å². The second-order valence-electron chi connectivity index (χ2n) is 3.62. The summed E-state index contributed by atoms with van der Waals surface area (Å²) in [4.78, 5) is 16.0. The third kappa shape index (κ3) is 5.19. The molecule has 0 aliphatic heterocycles. The second-order valence-corrected chi connectivity index (χ2v) is 3.62. The molecule has 0 fully saturated rings. The maximum atomic E-state index is 8.00. The third-order valence-electron chi connectivity index (χ3n) is 2.56. The smallest absolute Gasteiger partial charge is 0.106 e. The maximum absolute atomic E-state index is 8.00. The molecule has 0 amide bonds. The summed E-state index contributed by atoms with van der Waals surface area (Å²) in [6.45, 7) is 14.9. The molecule has 1 radical (unpaired) electrons. The number of rotatable bonds is 0. The van der Waals surface area contributed by atoms with Crippen LogP contribution in [0.2, 0.25) is 0 Å². The van der Waals surface area contributed by atoms with Crippen molar-refractivity contribution >= 4 is 13.6 Å². The van der Waals surface area contributed by atoms with Crippen LogP contribution >= 0.6 is 0 Å². The molecular formula is C12H19IrO2-. The van der Waals surface area contributed by atoms with Gasteiger partial charge in [0.2, 0.25) is 0 Å². The number of hydrogen-bond acceptors (Lipinski definition) is 2. The second kappa shape index (κ2) is 8.75. The molecule has 1 aliphatic rings. The Morgan fingerprint density at radius 3 is 1.40 bits per heavy atom. The average Bonchev–Trinajstić information content (AvgIpc) is 2.36. The zero-order valence-electron chi connectivity index (χ0n) is 10.1. The maximum Gasteiger partial charge on any atom is 0.106 e. The van der Waals surface area contributed by atoms with Crippen LogP contribution in [-0.2, 0) is 29.7 Å². The first-order valence-electron chi connectivity index (χ1n) is 4.33. The zero-order valence-corrected chi connectivity index (χ0v) is 12.5. The van der Waals surface area contributed by atoms with E-state index in [4.69, 9.17) is 9.59 Å². The molecular weight excluding hydrogens is 368 g/mol. The van der Waals surface area contributed by atoms with Crippen LogP contribution in [0.15, 0.2) is 16.7 Å². The van der Waals surface area contributed by atoms with E-state index in [2.05, 4.69) is 40.7 Å². The minimum atomic E-state index is 0. The minimum Gasteiger partial charge on any atom is -0.307 e. The van der Waals surface area contributed by atoms with Gasteiger partial charge >= 0.3 is 0 Å². The van der Waals surface area contributed by atoms with Crippen molar-refractivity contribution in [3.05, 3.63) is 22.8 Å². The Bertz CT molecular complexity index is 250. The van der Waals surface area contributed by atoms with Crippen molar-refractivity contribution in [2.75, 3.05) is 0 Å². The van der Waals surface area contributed by atoms with Crippen LogP contribution in [0.3, 0.4) is 0 Å². The summed E-state index contributed by atoms with van der Waals surface area (Å²) in [7, 11) is 0. The summed E-state index contributed by atoms with van der Waals surface area (Å²) in [5.74, 6) is 0. The molecule has 0 heterocycles. The third-order valence-corrected chi connectivity index (χ3v) is 2.56. The average molecular weight is 387 g/mol. The monoisotopic (exact) mass is 388 g/mol. The molecule has 89 valence electrons. The quantitative estimate of drug-likeness (QED) is 0.599. The number of carbonyl (C=O) groups is 2. The fourth-order valence-electron chi connectivity index (χ4n) is 1.41. The molecule has 0 saturated heterocycles. The number of allylic oxidation sites excluding steroid dienone is 4. The van der Waals surface area contributed by atoms with Gasteiger partial charge in [0.05, 0.1) is 0 Å². The van der Waals surface area contributed by atoms with Crippen LogP contribution in [0.25, 0.3) is 0 Å². The predicted molar refractivity (Wildman–Crippen MR) is 58.8 cm³/mol. The topological polar surface area (TPSA) is 34.1 Å². The molecule has 0 spiro atoms. The van der Waals surface area contributed by atoms with Gasteiger partial charge in [0.1, 0.15) is 13.6 Å². The standard InChI is InChI=1S/C10H15.2CH2O.Ir/c1-7-6-10(4,5)9(3)8(7)2;2*1-2;/h1-5H3;2*1H2;/q-1;;;. The van der Waals surface area contributed by atoms with Crippen molar-refractivity contribution in [1.82, 2.24) is 0 Å². The fraction of sp³-hybridized carbons (Fsp3) is 0.500. The summed E-state index contributed by atoms with van der Waals surface area (Å²) in [5, 5.41) is 0. The van der Waals surface area contributed by atoms with Crippen molar-refractivity contribution in [2.45, 2.75) is 34.6 Å². The van der Waals surface area contributed by atoms with E-state index in [1.54, 1.807) is 0 Å². The molecule has 0 atom stereocenters. The van der Waals surface area contributed by atoms with Crippen LogP contribution in [-0.4, -0.2) is 13.6 Å². The van der Waals surface area contributed by atoms with Gasteiger partial charge in [-0.1, -0.05) is 33.1 Å². The Labute approximate surface area is 106 Å². The predicted octanol–water partition coefficient (Wildman–Crippen LogP) is 2.74. The van der Waals surface area contributed by atoms with E-state index in [9.17, 15) is 0 Å². The van der Waals surface area contributed by atoms with Crippen molar-refractivity contribution < 1.29 is 29.7 Å². The Morgan fingerprint density at radius 1 is 1.00 bits per heavy atom. The molecule has 0 aromatic rings. The van der Waals surface area contributed by atoms with Crippen LogP contribution in [0.4, 0.5) is 0 Å². The van der Waals surface area contributed by atoms with E-state index in [1.807, 2.05) is 13.6 Å². The van der Waals surface area contributed by atoms with Crippen LogP contribution in [0.1, 0.15) is 34.6 Å². The zero-order chi connectivity index (χ0) is 11.9. The van der Waals surface area contributed by atoms with Gasteiger partial charge in [-0.3, -0.25) is 6.08 Å².